The fraction of sp³-hybridized carbons (Fsp3) is 0. The second-order valence-electron chi connectivity index (χ2n) is 3.59. The molecule has 0 aliphatic carbocycles. The van der Waals surface area contributed by atoms with Crippen molar-refractivity contribution in [3.63, 3.8) is 0 Å². The van der Waals surface area contributed by atoms with Gasteiger partial charge in [-0.05, 0) is 30.3 Å². The van der Waals surface area contributed by atoms with E-state index in [0.717, 1.165) is 4.90 Å². The van der Waals surface area contributed by atoms with E-state index in [4.69, 9.17) is 11.6 Å². The molecule has 0 radical (unpaired) electrons. The first-order valence-electron chi connectivity index (χ1n) is 5.44. The van der Waals surface area contributed by atoms with Gasteiger partial charge in [0.15, 0.2) is 0 Å². The summed E-state index contributed by atoms with van der Waals surface area (Å²) in [6, 6.07) is 8.36. The first-order chi connectivity index (χ1) is 9.18. The van der Waals surface area contributed by atoms with Crippen molar-refractivity contribution in [2.24, 2.45) is 0 Å². The summed E-state index contributed by atoms with van der Waals surface area (Å²) in [7, 11) is 0. The van der Waals surface area contributed by atoms with E-state index < -0.39 is 0 Å². The van der Waals surface area contributed by atoms with E-state index in [0.29, 0.717) is 10.7 Å². The van der Waals surface area contributed by atoms with Gasteiger partial charge in [0.2, 0.25) is 0 Å². The van der Waals surface area contributed by atoms with E-state index >= 15 is 0 Å². The number of nitrogens with one attached hydrogen (secondary N) is 1. The molecule has 19 heavy (non-hydrogen) atoms. The van der Waals surface area contributed by atoms with Crippen molar-refractivity contribution in [2.75, 3.05) is 4.90 Å². The maximum Gasteiger partial charge on any atom is 0.258 e. The van der Waals surface area contributed by atoms with Crippen LogP contribution in [0.5, 0.6) is 0 Å². The maximum atomic E-state index is 11.3. The summed E-state index contributed by atoms with van der Waals surface area (Å²) in [6.45, 7) is 0. The molecule has 1 aromatic carbocycles. The van der Waals surface area contributed by atoms with Crippen molar-refractivity contribution in [3.8, 4) is 0 Å². The Morgan fingerprint density at radius 2 is 1.68 bits per heavy atom. The van der Waals surface area contributed by atoms with Crippen molar-refractivity contribution in [3.05, 3.63) is 59.9 Å². The van der Waals surface area contributed by atoms with E-state index in [9.17, 15) is 9.59 Å². The van der Waals surface area contributed by atoms with E-state index in [1.54, 1.807) is 36.7 Å². The lowest BCUT2D eigenvalue weighted by Gasteiger charge is -2.13. The van der Waals surface area contributed by atoms with Gasteiger partial charge in [-0.25, -0.2) is 4.90 Å². The van der Waals surface area contributed by atoms with Gasteiger partial charge in [0.25, 0.3) is 11.8 Å². The highest BCUT2D eigenvalue weighted by Gasteiger charge is 2.24. The predicted molar refractivity (Wildman–Crippen MR) is 71.7 cm³/mol. The predicted octanol–water partition coefficient (Wildman–Crippen LogP) is 2.18. The molecule has 3 rings (SSSR count). The van der Waals surface area contributed by atoms with Crippen LogP contribution in [0.25, 0.3) is 0 Å². The van der Waals surface area contributed by atoms with Gasteiger partial charge in [0.1, 0.15) is 0 Å². The molecule has 0 saturated heterocycles. The van der Waals surface area contributed by atoms with Gasteiger partial charge < -0.3 is 0 Å². The Morgan fingerprint density at radius 3 is 2.11 bits per heavy atom. The normalized spacial score (nSPS) is 13.4. The van der Waals surface area contributed by atoms with Gasteiger partial charge in [0.05, 0.1) is 5.69 Å². The first kappa shape index (κ1) is 13.0. The smallest absolute Gasteiger partial charge is 0.258 e. The van der Waals surface area contributed by atoms with Crippen LogP contribution in [0.2, 0.25) is 5.02 Å². The quantitative estimate of drug-likeness (QED) is 0.811. The largest absolute Gasteiger partial charge is 0.286 e. The highest BCUT2D eigenvalue weighted by atomic mass is 35.5. The zero-order valence-corrected chi connectivity index (χ0v) is 10.5. The van der Waals surface area contributed by atoms with Crippen molar-refractivity contribution in [1.29, 1.82) is 0 Å². The van der Waals surface area contributed by atoms with Crippen molar-refractivity contribution < 1.29 is 9.59 Å². The zero-order chi connectivity index (χ0) is 13.7. The average molecular weight is 276 g/mol. The average Bonchev–Trinajstić information content (AvgIpc) is 3.06. The Morgan fingerprint density at radius 1 is 1.05 bits per heavy atom. The lowest BCUT2D eigenvalue weighted by molar-refractivity contribution is -0.119. The van der Waals surface area contributed by atoms with Crippen LogP contribution in [0.15, 0.2) is 54.9 Å². The summed E-state index contributed by atoms with van der Waals surface area (Å²) in [4.78, 5) is 23.6. The Hall–Kier alpha value is -2.40. The summed E-state index contributed by atoms with van der Waals surface area (Å²) < 4.78 is 0. The standard InChI is InChI=1S/C10H6ClNO2.C3H4N2/c11-7-1-3-8(4-2-7)12-9(13)5-6-10(12)14;1-2-4-5-3-1/h1-6H;1-3H,(H,4,5). The molecule has 0 spiro atoms. The molecule has 1 N–H and O–H groups in total. The number of benzene rings is 1. The molecule has 1 aromatic heterocycles. The second-order valence-corrected chi connectivity index (χ2v) is 4.02. The molecule has 1 aliphatic rings. The fourth-order valence-electron chi connectivity index (χ4n) is 1.46. The van der Waals surface area contributed by atoms with Gasteiger partial charge in [-0.3, -0.25) is 14.7 Å². The minimum absolute atomic E-state index is 0.322. The third kappa shape index (κ3) is 3.29. The number of rotatable bonds is 1. The third-order valence-electron chi connectivity index (χ3n) is 2.30. The number of nitrogens with zero attached hydrogens (tertiary/aromatic N) is 2. The monoisotopic (exact) mass is 275 g/mol. The number of amides is 2. The van der Waals surface area contributed by atoms with Crippen molar-refractivity contribution in [2.45, 2.75) is 0 Å². The van der Waals surface area contributed by atoms with Crippen LogP contribution in [0.1, 0.15) is 0 Å². The van der Waals surface area contributed by atoms with Crippen LogP contribution in [0, 0.1) is 0 Å². The molecule has 2 amide bonds. The minimum atomic E-state index is -0.322. The van der Waals surface area contributed by atoms with Crippen LogP contribution < -0.4 is 4.90 Å². The molecule has 0 fully saturated rings. The van der Waals surface area contributed by atoms with Gasteiger partial charge in [-0.2, -0.15) is 5.10 Å². The van der Waals surface area contributed by atoms with E-state index in [1.807, 2.05) is 6.07 Å². The number of hydrogen-bond acceptors (Lipinski definition) is 3. The van der Waals surface area contributed by atoms with Crippen LogP contribution in [0.3, 0.4) is 0 Å². The molecule has 2 aromatic rings. The summed E-state index contributed by atoms with van der Waals surface area (Å²) in [6.07, 6.45) is 5.95. The zero-order valence-electron chi connectivity index (χ0n) is 9.79. The maximum absolute atomic E-state index is 11.3. The number of aromatic nitrogens is 2. The van der Waals surface area contributed by atoms with E-state index in [2.05, 4.69) is 10.2 Å². The van der Waals surface area contributed by atoms with Gasteiger partial charge in [-0.15, -0.1) is 0 Å². The van der Waals surface area contributed by atoms with Crippen LogP contribution >= 0.6 is 11.6 Å². The summed E-state index contributed by atoms with van der Waals surface area (Å²) in [5.74, 6) is -0.644. The summed E-state index contributed by atoms with van der Waals surface area (Å²) >= 11 is 5.69. The Bertz CT molecular complexity index is 556. The first-order valence-corrected chi connectivity index (χ1v) is 5.82. The molecule has 0 saturated carbocycles. The molecule has 96 valence electrons. The molecule has 6 heteroatoms. The molecule has 2 heterocycles. The molecular weight excluding hydrogens is 266 g/mol. The van der Waals surface area contributed by atoms with E-state index in [-0.39, 0.29) is 11.8 Å². The molecule has 0 atom stereocenters. The Kier molecular flexibility index (Phi) is 4.10. The molecule has 1 aliphatic heterocycles. The fourth-order valence-corrected chi connectivity index (χ4v) is 1.59. The molecule has 0 unspecified atom stereocenters. The lowest BCUT2D eigenvalue weighted by atomic mass is 10.3. The summed E-state index contributed by atoms with van der Waals surface area (Å²) in [5, 5.41) is 6.78. The number of aromatic amines is 1. The highest BCUT2D eigenvalue weighted by Crippen LogP contribution is 2.20. The summed E-state index contributed by atoms with van der Waals surface area (Å²) in [5.41, 5.74) is 0.536. The Labute approximate surface area is 114 Å². The topological polar surface area (TPSA) is 66.1 Å². The number of anilines is 1. The van der Waals surface area contributed by atoms with Crippen LogP contribution in [0.4, 0.5) is 5.69 Å². The number of carbonyl (C=O) groups excluding carboxylic acids is 2. The SMILES string of the molecule is O=C1C=CC(=O)N1c1ccc(Cl)cc1.c1cn[nH]c1. The van der Waals surface area contributed by atoms with Gasteiger partial charge in [-0.1, -0.05) is 11.6 Å². The number of halogens is 1. The molecular formula is C13H10ClN3O2. The highest BCUT2D eigenvalue weighted by molar-refractivity contribution is 6.31. The van der Waals surface area contributed by atoms with Crippen LogP contribution in [-0.4, -0.2) is 22.0 Å². The van der Waals surface area contributed by atoms with Crippen LogP contribution in [-0.2, 0) is 9.59 Å². The minimum Gasteiger partial charge on any atom is -0.286 e. The lowest BCUT2D eigenvalue weighted by Crippen LogP contribution is -2.29. The number of hydrogen-bond donors (Lipinski definition) is 1. The van der Waals surface area contributed by atoms with E-state index in [1.165, 1.54) is 12.2 Å². The number of H-pyrrole nitrogens is 1. The molecule has 5 nitrogen and oxygen atoms in total. The van der Waals surface area contributed by atoms with Gasteiger partial charge in [0, 0.05) is 29.6 Å². The van der Waals surface area contributed by atoms with Crippen molar-refractivity contribution in [1.82, 2.24) is 10.2 Å². The second kappa shape index (κ2) is 5.97. The van der Waals surface area contributed by atoms with Gasteiger partial charge >= 0.3 is 0 Å². The number of carbonyl (C=O) groups is 2. The Balaban J connectivity index is 0.000000224. The third-order valence-corrected chi connectivity index (χ3v) is 2.55. The number of imide groups is 1. The van der Waals surface area contributed by atoms with Crippen molar-refractivity contribution >= 4 is 29.1 Å². The molecule has 0 bridgehead atoms.